The van der Waals surface area contributed by atoms with E-state index >= 15 is 0 Å². The Bertz CT molecular complexity index is 68.4. The first-order valence-electron chi connectivity index (χ1n) is 1.98. The summed E-state index contributed by atoms with van der Waals surface area (Å²) in [6, 6.07) is 0. The predicted octanol–water partition coefficient (Wildman–Crippen LogP) is -0.937. The second kappa shape index (κ2) is 4.55. The maximum atomic E-state index is 9.87. The van der Waals surface area contributed by atoms with Crippen LogP contribution in [0.5, 0.6) is 0 Å². The minimum Gasteiger partial charge on any atom is -0.436 e. The van der Waals surface area contributed by atoms with Crippen molar-refractivity contribution >= 4 is 5.97 Å². The van der Waals surface area contributed by atoms with Gasteiger partial charge in [0.2, 0.25) is 0 Å². The summed E-state index contributed by atoms with van der Waals surface area (Å²) in [5.41, 5.74) is 0. The standard InChI is InChI=1S/C4H8O3.H2O/c1-3(5)7-4(2)6;/h3,5H,1-2H3;1H2. The van der Waals surface area contributed by atoms with Crippen molar-refractivity contribution in [2.75, 3.05) is 0 Å². The third-order valence-electron chi connectivity index (χ3n) is 0.337. The Morgan fingerprint density at radius 2 is 2.12 bits per heavy atom. The molecule has 0 spiro atoms. The second-order valence-electron chi connectivity index (χ2n) is 1.21. The summed E-state index contributed by atoms with van der Waals surface area (Å²) in [5.74, 6) is -0.463. The van der Waals surface area contributed by atoms with E-state index < -0.39 is 12.3 Å². The van der Waals surface area contributed by atoms with Gasteiger partial charge in [-0.3, -0.25) is 4.79 Å². The van der Waals surface area contributed by atoms with Crippen LogP contribution in [0.3, 0.4) is 0 Å². The fraction of sp³-hybridized carbons (Fsp3) is 0.750. The molecule has 4 heteroatoms. The van der Waals surface area contributed by atoms with Gasteiger partial charge in [-0.2, -0.15) is 0 Å². The minimum absolute atomic E-state index is 0. The molecular formula is C4H10O4. The number of aliphatic hydroxyl groups excluding tert-OH is 1. The van der Waals surface area contributed by atoms with Crippen LogP contribution < -0.4 is 0 Å². The quantitative estimate of drug-likeness (QED) is 0.360. The molecule has 0 bridgehead atoms. The fourth-order valence-electron chi connectivity index (χ4n) is 0.240. The molecule has 0 radical (unpaired) electrons. The number of ether oxygens (including phenoxy) is 1. The van der Waals surface area contributed by atoms with Crippen molar-refractivity contribution < 1.29 is 20.1 Å². The summed E-state index contributed by atoms with van der Waals surface area (Å²) in [6.07, 6.45) is -0.975. The highest BCUT2D eigenvalue weighted by atomic mass is 16.6. The van der Waals surface area contributed by atoms with Gasteiger partial charge < -0.3 is 15.3 Å². The number of esters is 1. The Kier molecular flexibility index (Phi) is 5.90. The van der Waals surface area contributed by atoms with E-state index in [1.54, 1.807) is 0 Å². The largest absolute Gasteiger partial charge is 0.436 e. The maximum absolute atomic E-state index is 9.87. The Hall–Kier alpha value is -0.610. The minimum atomic E-state index is -0.975. The summed E-state index contributed by atoms with van der Waals surface area (Å²) in [6.45, 7) is 2.62. The molecule has 0 aromatic carbocycles. The fourth-order valence-corrected chi connectivity index (χ4v) is 0.240. The van der Waals surface area contributed by atoms with Gasteiger partial charge in [0.25, 0.3) is 0 Å². The van der Waals surface area contributed by atoms with Gasteiger partial charge in [-0.1, -0.05) is 0 Å². The third kappa shape index (κ3) is 9.04. The van der Waals surface area contributed by atoms with Crippen LogP contribution in [0.15, 0.2) is 0 Å². The average molecular weight is 122 g/mol. The molecule has 3 N–H and O–H groups in total. The van der Waals surface area contributed by atoms with Crippen LogP contribution in [-0.4, -0.2) is 22.8 Å². The number of hydrogen-bond acceptors (Lipinski definition) is 3. The van der Waals surface area contributed by atoms with Crippen LogP contribution in [0.1, 0.15) is 13.8 Å². The van der Waals surface area contributed by atoms with E-state index in [0.29, 0.717) is 0 Å². The van der Waals surface area contributed by atoms with Crippen molar-refractivity contribution in [1.82, 2.24) is 0 Å². The Morgan fingerprint density at radius 3 is 2.12 bits per heavy atom. The van der Waals surface area contributed by atoms with Gasteiger partial charge in [-0.05, 0) is 6.92 Å². The van der Waals surface area contributed by atoms with Gasteiger partial charge in [0.1, 0.15) is 0 Å². The Morgan fingerprint density at radius 1 is 1.75 bits per heavy atom. The lowest BCUT2D eigenvalue weighted by atomic mass is 10.7. The molecule has 1 unspecified atom stereocenters. The summed E-state index contributed by atoms with van der Waals surface area (Å²) in [5, 5.41) is 8.28. The highest BCUT2D eigenvalue weighted by molar-refractivity contribution is 5.65. The molecular weight excluding hydrogens is 112 g/mol. The van der Waals surface area contributed by atoms with Gasteiger partial charge >= 0.3 is 5.97 Å². The molecule has 4 nitrogen and oxygen atoms in total. The van der Waals surface area contributed by atoms with Gasteiger partial charge in [0.15, 0.2) is 6.29 Å². The van der Waals surface area contributed by atoms with Crippen molar-refractivity contribution in [2.24, 2.45) is 0 Å². The monoisotopic (exact) mass is 122 g/mol. The van der Waals surface area contributed by atoms with Crippen molar-refractivity contribution in [2.45, 2.75) is 20.1 Å². The molecule has 0 heterocycles. The lowest BCUT2D eigenvalue weighted by Crippen LogP contribution is -2.09. The van der Waals surface area contributed by atoms with E-state index in [1.165, 1.54) is 13.8 Å². The Balaban J connectivity index is 0. The van der Waals surface area contributed by atoms with Gasteiger partial charge in [-0.25, -0.2) is 0 Å². The van der Waals surface area contributed by atoms with Crippen molar-refractivity contribution in [3.63, 3.8) is 0 Å². The second-order valence-corrected chi connectivity index (χ2v) is 1.21. The SMILES string of the molecule is CC(=O)OC(C)O.O. The number of rotatable bonds is 1. The summed E-state index contributed by atoms with van der Waals surface area (Å²) < 4.78 is 4.17. The van der Waals surface area contributed by atoms with Crippen LogP contribution in [0.4, 0.5) is 0 Å². The number of aliphatic hydroxyl groups is 1. The maximum Gasteiger partial charge on any atom is 0.304 e. The first-order valence-corrected chi connectivity index (χ1v) is 1.98. The van der Waals surface area contributed by atoms with Gasteiger partial charge in [-0.15, -0.1) is 0 Å². The lowest BCUT2D eigenvalue weighted by Gasteiger charge is -2.00. The molecule has 0 amide bonds. The normalized spacial score (nSPS) is 11.4. The molecule has 0 fully saturated rings. The number of hydrogen-bond donors (Lipinski definition) is 1. The number of carbonyl (C=O) groups excluding carboxylic acids is 1. The van der Waals surface area contributed by atoms with Crippen LogP contribution in [-0.2, 0) is 9.53 Å². The van der Waals surface area contributed by atoms with E-state index in [9.17, 15) is 4.79 Å². The smallest absolute Gasteiger partial charge is 0.304 e. The molecule has 0 aliphatic heterocycles. The first-order chi connectivity index (χ1) is 3.13. The molecule has 0 aliphatic carbocycles. The van der Waals surface area contributed by atoms with Crippen molar-refractivity contribution in [3.8, 4) is 0 Å². The highest BCUT2D eigenvalue weighted by Crippen LogP contribution is 1.81. The molecule has 50 valence electrons. The predicted molar refractivity (Wildman–Crippen MR) is 27.1 cm³/mol. The van der Waals surface area contributed by atoms with Crippen molar-refractivity contribution in [3.05, 3.63) is 0 Å². The zero-order valence-corrected chi connectivity index (χ0v) is 4.84. The summed E-state index contributed by atoms with van der Waals surface area (Å²) >= 11 is 0. The summed E-state index contributed by atoms with van der Waals surface area (Å²) in [4.78, 5) is 9.87. The van der Waals surface area contributed by atoms with E-state index in [2.05, 4.69) is 4.74 Å². The Labute approximate surface area is 47.4 Å². The molecule has 0 saturated carbocycles. The molecule has 0 aromatic heterocycles. The molecule has 0 rings (SSSR count). The molecule has 0 aromatic rings. The molecule has 0 saturated heterocycles. The zero-order valence-electron chi connectivity index (χ0n) is 4.84. The third-order valence-corrected chi connectivity index (χ3v) is 0.337. The van der Waals surface area contributed by atoms with Crippen LogP contribution >= 0.6 is 0 Å². The lowest BCUT2D eigenvalue weighted by molar-refractivity contribution is -0.161. The average Bonchev–Trinajstić information content (AvgIpc) is 1.27. The highest BCUT2D eigenvalue weighted by Gasteiger charge is 1.95. The van der Waals surface area contributed by atoms with Crippen LogP contribution in [0.25, 0.3) is 0 Å². The van der Waals surface area contributed by atoms with E-state index in [4.69, 9.17) is 5.11 Å². The van der Waals surface area contributed by atoms with Gasteiger partial charge in [0.05, 0.1) is 0 Å². The molecule has 1 atom stereocenters. The zero-order chi connectivity index (χ0) is 5.86. The summed E-state index contributed by atoms with van der Waals surface area (Å²) in [7, 11) is 0. The van der Waals surface area contributed by atoms with Crippen LogP contribution in [0.2, 0.25) is 0 Å². The first kappa shape index (κ1) is 10.4. The van der Waals surface area contributed by atoms with E-state index in [0.717, 1.165) is 0 Å². The van der Waals surface area contributed by atoms with Crippen LogP contribution in [0, 0.1) is 0 Å². The molecule has 0 aliphatic rings. The number of carbonyl (C=O) groups is 1. The molecule has 8 heavy (non-hydrogen) atoms. The topological polar surface area (TPSA) is 78.0 Å². The van der Waals surface area contributed by atoms with Gasteiger partial charge in [0, 0.05) is 6.92 Å². The van der Waals surface area contributed by atoms with E-state index in [-0.39, 0.29) is 5.48 Å². The van der Waals surface area contributed by atoms with Crippen molar-refractivity contribution in [1.29, 1.82) is 0 Å². The van der Waals surface area contributed by atoms with E-state index in [1.807, 2.05) is 0 Å².